The van der Waals surface area contributed by atoms with Gasteiger partial charge in [-0.25, -0.2) is 4.79 Å². The SMILES string of the molecule is CN(Cc1noc(C2CCC2)n1)C(=O)NC1CCN(C2CCCC2)CC1. The van der Waals surface area contributed by atoms with Gasteiger partial charge in [0.15, 0.2) is 5.82 Å². The Morgan fingerprint density at radius 2 is 1.88 bits per heavy atom. The maximum atomic E-state index is 12.5. The fraction of sp³-hybridized carbons (Fsp3) is 0.842. The first-order chi connectivity index (χ1) is 12.7. The lowest BCUT2D eigenvalue weighted by molar-refractivity contribution is 0.141. The fourth-order valence-electron chi connectivity index (χ4n) is 4.40. The largest absolute Gasteiger partial charge is 0.339 e. The molecule has 144 valence electrons. The molecule has 3 aliphatic rings. The minimum Gasteiger partial charge on any atom is -0.339 e. The molecule has 3 fully saturated rings. The first-order valence-electron chi connectivity index (χ1n) is 10.3. The van der Waals surface area contributed by atoms with Gasteiger partial charge in [-0.05, 0) is 38.5 Å². The molecule has 0 atom stereocenters. The first-order valence-corrected chi connectivity index (χ1v) is 10.3. The van der Waals surface area contributed by atoms with Crippen LogP contribution >= 0.6 is 0 Å². The van der Waals surface area contributed by atoms with E-state index in [1.807, 2.05) is 0 Å². The number of hydrogen-bond donors (Lipinski definition) is 1. The number of hydrogen-bond acceptors (Lipinski definition) is 5. The highest BCUT2D eigenvalue weighted by Gasteiger charge is 2.29. The highest BCUT2D eigenvalue weighted by Crippen LogP contribution is 2.35. The first kappa shape index (κ1) is 17.8. The number of amides is 2. The molecule has 26 heavy (non-hydrogen) atoms. The van der Waals surface area contributed by atoms with E-state index in [0.29, 0.717) is 18.3 Å². The molecule has 1 saturated heterocycles. The molecule has 1 aromatic heterocycles. The van der Waals surface area contributed by atoms with Crippen LogP contribution in [0.2, 0.25) is 0 Å². The zero-order valence-corrected chi connectivity index (χ0v) is 15.8. The second-order valence-electron chi connectivity index (χ2n) is 8.23. The zero-order valence-electron chi connectivity index (χ0n) is 15.8. The average Bonchev–Trinajstić information content (AvgIpc) is 3.26. The topological polar surface area (TPSA) is 74.5 Å². The summed E-state index contributed by atoms with van der Waals surface area (Å²) < 4.78 is 5.33. The van der Waals surface area contributed by atoms with E-state index < -0.39 is 0 Å². The standard InChI is InChI=1S/C19H31N5O2/c1-23(13-17-21-18(26-22-17)14-5-4-6-14)19(25)20-15-9-11-24(12-10-15)16-7-2-3-8-16/h14-16H,2-13H2,1H3,(H,20,25). The minimum absolute atomic E-state index is 0.0423. The van der Waals surface area contributed by atoms with Gasteiger partial charge in [0.05, 0.1) is 6.54 Å². The molecular formula is C19H31N5O2. The van der Waals surface area contributed by atoms with Crippen molar-refractivity contribution in [1.82, 2.24) is 25.3 Å². The van der Waals surface area contributed by atoms with Crippen molar-refractivity contribution in [1.29, 1.82) is 0 Å². The Bertz CT molecular complexity index is 601. The summed E-state index contributed by atoms with van der Waals surface area (Å²) in [6, 6.07) is 1.02. The van der Waals surface area contributed by atoms with Crippen molar-refractivity contribution in [3.8, 4) is 0 Å². The van der Waals surface area contributed by atoms with Crippen LogP contribution in [-0.2, 0) is 6.54 Å². The quantitative estimate of drug-likeness (QED) is 0.873. The van der Waals surface area contributed by atoms with Gasteiger partial charge < -0.3 is 19.6 Å². The van der Waals surface area contributed by atoms with E-state index in [9.17, 15) is 4.79 Å². The zero-order chi connectivity index (χ0) is 17.9. The van der Waals surface area contributed by atoms with Gasteiger partial charge in [0.2, 0.25) is 5.89 Å². The third-order valence-corrected chi connectivity index (χ3v) is 6.36. The molecular weight excluding hydrogens is 330 g/mol. The lowest BCUT2D eigenvalue weighted by Crippen LogP contribution is -2.49. The van der Waals surface area contributed by atoms with Gasteiger partial charge >= 0.3 is 6.03 Å². The van der Waals surface area contributed by atoms with Gasteiger partial charge in [0, 0.05) is 38.1 Å². The number of piperidine rings is 1. The Morgan fingerprint density at radius 1 is 1.15 bits per heavy atom. The molecule has 0 spiro atoms. The van der Waals surface area contributed by atoms with Crippen LogP contribution in [0.15, 0.2) is 4.52 Å². The summed E-state index contributed by atoms with van der Waals surface area (Å²) >= 11 is 0. The molecule has 2 heterocycles. The average molecular weight is 361 g/mol. The number of nitrogens with one attached hydrogen (secondary N) is 1. The maximum absolute atomic E-state index is 12.5. The summed E-state index contributed by atoms with van der Waals surface area (Å²) in [6.45, 7) is 2.60. The molecule has 7 nitrogen and oxygen atoms in total. The van der Waals surface area contributed by atoms with E-state index in [4.69, 9.17) is 4.52 Å². The van der Waals surface area contributed by atoms with Crippen LogP contribution in [0.1, 0.15) is 75.4 Å². The van der Waals surface area contributed by atoms with Crippen molar-refractivity contribution in [2.24, 2.45) is 0 Å². The third kappa shape index (κ3) is 4.03. The highest BCUT2D eigenvalue weighted by molar-refractivity contribution is 5.74. The van der Waals surface area contributed by atoms with Gasteiger partial charge in [0.1, 0.15) is 0 Å². The van der Waals surface area contributed by atoms with Crippen LogP contribution in [0.25, 0.3) is 0 Å². The van der Waals surface area contributed by atoms with Crippen LogP contribution in [0, 0.1) is 0 Å². The molecule has 0 radical (unpaired) electrons. The third-order valence-electron chi connectivity index (χ3n) is 6.36. The molecule has 0 bridgehead atoms. The Hall–Kier alpha value is -1.63. The molecule has 4 rings (SSSR count). The van der Waals surface area contributed by atoms with Crippen molar-refractivity contribution >= 4 is 6.03 Å². The number of likely N-dealkylation sites (tertiary alicyclic amines) is 1. The van der Waals surface area contributed by atoms with Crippen molar-refractivity contribution in [2.45, 2.75) is 82.3 Å². The van der Waals surface area contributed by atoms with Crippen molar-refractivity contribution in [3.05, 3.63) is 11.7 Å². The van der Waals surface area contributed by atoms with Gasteiger partial charge in [-0.1, -0.05) is 24.4 Å². The Balaban J connectivity index is 1.21. The fourth-order valence-corrected chi connectivity index (χ4v) is 4.40. The maximum Gasteiger partial charge on any atom is 0.317 e. The molecule has 0 aromatic carbocycles. The van der Waals surface area contributed by atoms with E-state index in [1.54, 1.807) is 11.9 Å². The Morgan fingerprint density at radius 3 is 2.54 bits per heavy atom. The summed E-state index contributed by atoms with van der Waals surface area (Å²) in [5.74, 6) is 1.76. The molecule has 2 saturated carbocycles. The normalized spacial score (nSPS) is 23.1. The molecule has 1 aromatic rings. The number of urea groups is 1. The van der Waals surface area contributed by atoms with E-state index in [2.05, 4.69) is 20.4 Å². The summed E-state index contributed by atoms with van der Waals surface area (Å²) in [6.07, 6.45) is 11.1. The van der Waals surface area contributed by atoms with Crippen LogP contribution in [0.4, 0.5) is 4.79 Å². The summed E-state index contributed by atoms with van der Waals surface area (Å²) in [7, 11) is 1.79. The van der Waals surface area contributed by atoms with Crippen molar-refractivity contribution in [2.75, 3.05) is 20.1 Å². The molecule has 0 unspecified atom stereocenters. The summed E-state index contributed by atoms with van der Waals surface area (Å²) in [4.78, 5) is 21.2. The van der Waals surface area contributed by atoms with Gasteiger partial charge in [0.25, 0.3) is 0 Å². The van der Waals surface area contributed by atoms with E-state index >= 15 is 0 Å². The van der Waals surface area contributed by atoms with Crippen molar-refractivity contribution in [3.63, 3.8) is 0 Å². The van der Waals surface area contributed by atoms with E-state index in [0.717, 1.165) is 50.7 Å². The second kappa shape index (κ2) is 7.94. The minimum atomic E-state index is -0.0423. The van der Waals surface area contributed by atoms with Crippen molar-refractivity contribution < 1.29 is 9.32 Å². The monoisotopic (exact) mass is 361 g/mol. The van der Waals surface area contributed by atoms with Gasteiger partial charge in [-0.2, -0.15) is 4.98 Å². The predicted octanol–water partition coefficient (Wildman–Crippen LogP) is 2.89. The molecule has 1 N–H and O–H groups in total. The van der Waals surface area contributed by atoms with Crippen LogP contribution in [0.5, 0.6) is 0 Å². The molecule has 7 heteroatoms. The lowest BCUT2D eigenvalue weighted by atomic mass is 9.85. The molecule has 1 aliphatic heterocycles. The Labute approximate surface area is 155 Å². The number of rotatable bonds is 5. The van der Waals surface area contributed by atoms with Gasteiger partial charge in [-0.3, -0.25) is 0 Å². The molecule has 2 amide bonds. The van der Waals surface area contributed by atoms with E-state index in [1.165, 1.54) is 32.1 Å². The Kier molecular flexibility index (Phi) is 5.43. The van der Waals surface area contributed by atoms with E-state index in [-0.39, 0.29) is 12.1 Å². The van der Waals surface area contributed by atoms with Crippen LogP contribution in [0.3, 0.4) is 0 Å². The lowest BCUT2D eigenvalue weighted by Gasteiger charge is -2.36. The van der Waals surface area contributed by atoms with Crippen LogP contribution in [-0.4, -0.2) is 58.2 Å². The number of nitrogens with zero attached hydrogens (tertiary/aromatic N) is 4. The number of carbonyl (C=O) groups excluding carboxylic acids is 1. The summed E-state index contributed by atoms with van der Waals surface area (Å²) in [5, 5.41) is 7.20. The van der Waals surface area contributed by atoms with Crippen LogP contribution < -0.4 is 5.32 Å². The van der Waals surface area contributed by atoms with Gasteiger partial charge in [-0.15, -0.1) is 0 Å². The molecule has 2 aliphatic carbocycles. The summed E-state index contributed by atoms with van der Waals surface area (Å²) in [5.41, 5.74) is 0. The number of aromatic nitrogens is 2. The number of carbonyl (C=O) groups is 1. The smallest absolute Gasteiger partial charge is 0.317 e. The highest BCUT2D eigenvalue weighted by atomic mass is 16.5. The second-order valence-corrected chi connectivity index (χ2v) is 8.23. The predicted molar refractivity (Wildman–Crippen MR) is 97.7 cm³/mol.